The zero-order valence-corrected chi connectivity index (χ0v) is 10.4. The molecule has 2 nitrogen and oxygen atoms in total. The Morgan fingerprint density at radius 3 is 2.93 bits per heavy atom. The Balaban J connectivity index is 2.18. The molecule has 1 heterocycles. The zero-order valence-electron chi connectivity index (χ0n) is 8.82. The maximum absolute atomic E-state index is 5.92. The smallest absolute Gasteiger partial charge is 0.126 e. The van der Waals surface area contributed by atoms with Gasteiger partial charge in [0, 0.05) is 11.0 Å². The van der Waals surface area contributed by atoms with Crippen LogP contribution in [0.3, 0.4) is 0 Å². The number of nitrogen functional groups attached to an aromatic ring is 1. The topological polar surface area (TPSA) is 38.9 Å². The Labute approximate surface area is 99.4 Å². The van der Waals surface area contributed by atoms with Crippen LogP contribution < -0.4 is 5.73 Å². The van der Waals surface area contributed by atoms with Crippen molar-refractivity contribution in [3.8, 4) is 0 Å². The van der Waals surface area contributed by atoms with Crippen molar-refractivity contribution in [2.24, 2.45) is 0 Å². The molecule has 0 amide bonds. The average Bonchev–Trinajstić information content (AvgIpc) is 2.43. The molecule has 2 unspecified atom stereocenters. The van der Waals surface area contributed by atoms with Crippen molar-refractivity contribution in [3.63, 3.8) is 0 Å². The molecule has 1 aromatic rings. The molecule has 1 aliphatic carbocycles. The number of pyridine rings is 1. The van der Waals surface area contributed by atoms with Gasteiger partial charge >= 0.3 is 0 Å². The van der Waals surface area contributed by atoms with Gasteiger partial charge in [0.15, 0.2) is 0 Å². The van der Waals surface area contributed by atoms with E-state index in [2.05, 4.69) is 27.0 Å². The van der Waals surface area contributed by atoms with Crippen molar-refractivity contribution in [3.05, 3.63) is 23.9 Å². The first-order chi connectivity index (χ1) is 7.27. The number of hydrogen-bond donors (Lipinski definition) is 1. The van der Waals surface area contributed by atoms with Gasteiger partial charge < -0.3 is 5.73 Å². The first kappa shape index (κ1) is 10.9. The van der Waals surface area contributed by atoms with Crippen molar-refractivity contribution >= 4 is 21.7 Å². The third-order valence-electron chi connectivity index (χ3n) is 3.17. The fourth-order valence-corrected chi connectivity index (χ4v) is 3.13. The highest BCUT2D eigenvalue weighted by atomic mass is 79.9. The molecule has 0 spiro atoms. The third kappa shape index (κ3) is 2.71. The van der Waals surface area contributed by atoms with Gasteiger partial charge in [-0.05, 0) is 36.8 Å². The van der Waals surface area contributed by atoms with Crippen molar-refractivity contribution < 1.29 is 0 Å². The van der Waals surface area contributed by atoms with Crippen LogP contribution in [0.25, 0.3) is 0 Å². The van der Waals surface area contributed by atoms with E-state index in [1.54, 1.807) is 6.20 Å². The molecule has 0 saturated heterocycles. The second kappa shape index (κ2) is 4.97. The Bertz CT molecular complexity index is 327. The molecule has 1 saturated carbocycles. The largest absolute Gasteiger partial charge is 0.383 e. The monoisotopic (exact) mass is 268 g/mol. The molecule has 0 radical (unpaired) electrons. The first-order valence-electron chi connectivity index (χ1n) is 5.62. The minimum Gasteiger partial charge on any atom is -0.383 e. The summed E-state index contributed by atoms with van der Waals surface area (Å²) in [6, 6.07) is 4.11. The predicted molar refractivity (Wildman–Crippen MR) is 67.2 cm³/mol. The van der Waals surface area contributed by atoms with Crippen molar-refractivity contribution in [1.29, 1.82) is 0 Å². The molecule has 0 bridgehead atoms. The van der Waals surface area contributed by atoms with Gasteiger partial charge in [0.2, 0.25) is 0 Å². The maximum atomic E-state index is 5.92. The lowest BCUT2D eigenvalue weighted by molar-refractivity contribution is 0.600. The van der Waals surface area contributed by atoms with E-state index in [1.807, 2.05) is 6.07 Å². The van der Waals surface area contributed by atoms with Crippen molar-refractivity contribution in [2.75, 3.05) is 5.73 Å². The van der Waals surface area contributed by atoms with E-state index in [4.69, 9.17) is 5.73 Å². The Morgan fingerprint density at radius 2 is 2.13 bits per heavy atom. The molecular formula is C12H17BrN2. The lowest BCUT2D eigenvalue weighted by Gasteiger charge is -2.17. The van der Waals surface area contributed by atoms with Crippen molar-refractivity contribution in [2.45, 2.75) is 42.8 Å². The molecule has 0 aliphatic heterocycles. The highest BCUT2D eigenvalue weighted by Crippen LogP contribution is 2.36. The van der Waals surface area contributed by atoms with E-state index in [0.29, 0.717) is 16.6 Å². The average molecular weight is 269 g/mol. The zero-order chi connectivity index (χ0) is 10.7. The fraction of sp³-hybridized carbons (Fsp3) is 0.583. The maximum Gasteiger partial charge on any atom is 0.126 e. The van der Waals surface area contributed by atoms with Gasteiger partial charge in [-0.25, -0.2) is 4.98 Å². The van der Waals surface area contributed by atoms with Gasteiger partial charge in [-0.15, -0.1) is 0 Å². The van der Waals surface area contributed by atoms with Crippen LogP contribution in [0.5, 0.6) is 0 Å². The van der Waals surface area contributed by atoms with E-state index >= 15 is 0 Å². The second-order valence-corrected chi connectivity index (χ2v) is 5.59. The third-order valence-corrected chi connectivity index (χ3v) is 4.00. The number of aromatic nitrogens is 1. The SMILES string of the molecule is Nc1ncccc1C1CCCCC(Br)C1. The number of halogens is 1. The number of nitrogens with two attached hydrogens (primary N) is 1. The van der Waals surface area contributed by atoms with Gasteiger partial charge in [0.25, 0.3) is 0 Å². The van der Waals surface area contributed by atoms with E-state index in [-0.39, 0.29) is 0 Å². The van der Waals surface area contributed by atoms with Crippen LogP contribution in [0.2, 0.25) is 0 Å². The number of anilines is 1. The van der Waals surface area contributed by atoms with E-state index in [9.17, 15) is 0 Å². The summed E-state index contributed by atoms with van der Waals surface area (Å²) in [5.74, 6) is 1.30. The van der Waals surface area contributed by atoms with Gasteiger partial charge in [-0.3, -0.25) is 0 Å². The molecule has 82 valence electrons. The van der Waals surface area contributed by atoms with Crippen molar-refractivity contribution in [1.82, 2.24) is 4.98 Å². The number of alkyl halides is 1. The molecule has 15 heavy (non-hydrogen) atoms. The Hall–Kier alpha value is -0.570. The highest BCUT2D eigenvalue weighted by molar-refractivity contribution is 9.09. The van der Waals surface area contributed by atoms with Gasteiger partial charge in [-0.2, -0.15) is 0 Å². The van der Waals surface area contributed by atoms with Crippen LogP contribution in [-0.2, 0) is 0 Å². The van der Waals surface area contributed by atoms with Crippen LogP contribution in [-0.4, -0.2) is 9.81 Å². The van der Waals surface area contributed by atoms with Crippen LogP contribution in [0.4, 0.5) is 5.82 Å². The molecule has 1 fully saturated rings. The Kier molecular flexibility index (Phi) is 3.62. The molecule has 3 heteroatoms. The summed E-state index contributed by atoms with van der Waals surface area (Å²) in [5.41, 5.74) is 7.16. The number of nitrogens with zero attached hydrogens (tertiary/aromatic N) is 1. The molecule has 2 atom stereocenters. The molecule has 2 N–H and O–H groups in total. The van der Waals surface area contributed by atoms with Gasteiger partial charge in [0.05, 0.1) is 0 Å². The molecular weight excluding hydrogens is 252 g/mol. The summed E-state index contributed by atoms with van der Waals surface area (Å²) in [4.78, 5) is 4.82. The molecule has 1 aromatic heterocycles. The number of hydrogen-bond acceptors (Lipinski definition) is 2. The molecule has 1 aliphatic rings. The van der Waals surface area contributed by atoms with Gasteiger partial charge in [0.1, 0.15) is 5.82 Å². The highest BCUT2D eigenvalue weighted by Gasteiger charge is 2.21. The van der Waals surface area contributed by atoms with E-state index in [0.717, 1.165) is 0 Å². The van der Waals surface area contributed by atoms with Crippen LogP contribution in [0.15, 0.2) is 18.3 Å². The fourth-order valence-electron chi connectivity index (χ4n) is 2.36. The van der Waals surface area contributed by atoms with Crippen LogP contribution in [0.1, 0.15) is 43.6 Å². The van der Waals surface area contributed by atoms with Gasteiger partial charge in [-0.1, -0.05) is 34.8 Å². The summed E-state index contributed by atoms with van der Waals surface area (Å²) in [6.07, 6.45) is 8.12. The van der Waals surface area contributed by atoms with E-state index < -0.39 is 0 Å². The number of rotatable bonds is 1. The van der Waals surface area contributed by atoms with E-state index in [1.165, 1.54) is 37.7 Å². The summed E-state index contributed by atoms with van der Waals surface area (Å²) >= 11 is 3.74. The van der Waals surface area contributed by atoms with Crippen LogP contribution in [0, 0.1) is 0 Å². The second-order valence-electron chi connectivity index (χ2n) is 4.29. The molecule has 0 aromatic carbocycles. The summed E-state index contributed by atoms with van der Waals surface area (Å²) in [5, 5.41) is 0. The lowest BCUT2D eigenvalue weighted by Crippen LogP contribution is -2.07. The summed E-state index contributed by atoms with van der Waals surface area (Å²) in [6.45, 7) is 0. The standard InChI is InChI=1S/C12H17BrN2/c13-10-5-2-1-4-9(8-10)11-6-3-7-15-12(11)14/h3,6-7,9-10H,1-2,4-5,8H2,(H2,14,15). The molecule has 2 rings (SSSR count). The lowest BCUT2D eigenvalue weighted by atomic mass is 9.92. The normalized spacial score (nSPS) is 27.3. The predicted octanol–water partition coefficient (Wildman–Crippen LogP) is 3.48. The first-order valence-corrected chi connectivity index (χ1v) is 6.53. The summed E-state index contributed by atoms with van der Waals surface area (Å²) < 4.78 is 0. The van der Waals surface area contributed by atoms with Crippen LogP contribution >= 0.6 is 15.9 Å². The minimum absolute atomic E-state index is 0.588. The summed E-state index contributed by atoms with van der Waals surface area (Å²) in [7, 11) is 0. The minimum atomic E-state index is 0.588. The Morgan fingerprint density at radius 1 is 1.33 bits per heavy atom. The quantitative estimate of drug-likeness (QED) is 0.626.